The highest BCUT2D eigenvalue weighted by atomic mass is 32.2. The Morgan fingerprint density at radius 2 is 2.12 bits per heavy atom. The van der Waals surface area contributed by atoms with Crippen LogP contribution >= 0.6 is 11.9 Å². The van der Waals surface area contributed by atoms with E-state index in [-0.39, 0.29) is 11.5 Å². The van der Waals surface area contributed by atoms with Crippen molar-refractivity contribution in [1.82, 2.24) is 5.16 Å². The van der Waals surface area contributed by atoms with Gasteiger partial charge in [0.2, 0.25) is 0 Å². The summed E-state index contributed by atoms with van der Waals surface area (Å²) in [5.74, 6) is 2.51. The molecule has 32 heavy (non-hydrogen) atoms. The molecule has 1 aliphatic heterocycles. The number of hydrogen-bond donors (Lipinski definition) is 2. The fraction of sp³-hybridized carbons (Fsp3) is 0.400. The van der Waals surface area contributed by atoms with E-state index in [9.17, 15) is 5.11 Å². The number of aromatic nitrogens is 1. The third kappa shape index (κ3) is 3.35. The van der Waals surface area contributed by atoms with E-state index >= 15 is 0 Å². The SMILES string of the molecule is COc1ccccc1SNc1noc2c1CC1(CC1)c1ccc(N3CCCC(O)C3)cc1-2. The van der Waals surface area contributed by atoms with Crippen molar-refractivity contribution < 1.29 is 14.4 Å². The molecule has 0 amide bonds. The van der Waals surface area contributed by atoms with Crippen LogP contribution in [-0.2, 0) is 11.8 Å². The van der Waals surface area contributed by atoms with Crippen molar-refractivity contribution in [3.63, 3.8) is 0 Å². The van der Waals surface area contributed by atoms with Gasteiger partial charge >= 0.3 is 0 Å². The van der Waals surface area contributed by atoms with E-state index in [1.807, 2.05) is 24.3 Å². The van der Waals surface area contributed by atoms with E-state index in [1.54, 1.807) is 7.11 Å². The van der Waals surface area contributed by atoms with Crippen LogP contribution in [0.3, 0.4) is 0 Å². The molecule has 2 fully saturated rings. The minimum Gasteiger partial charge on any atom is -0.496 e. The second-order valence-electron chi connectivity index (χ2n) is 9.12. The molecule has 0 bridgehead atoms. The summed E-state index contributed by atoms with van der Waals surface area (Å²) in [7, 11) is 1.68. The lowest BCUT2D eigenvalue weighted by Gasteiger charge is -2.33. The first-order chi connectivity index (χ1) is 15.7. The van der Waals surface area contributed by atoms with Crippen molar-refractivity contribution in [2.24, 2.45) is 0 Å². The average molecular weight is 450 g/mol. The van der Waals surface area contributed by atoms with Gasteiger partial charge in [0.25, 0.3) is 0 Å². The number of β-amino-alcohol motifs (C(OH)–C–C–N with tert-alkyl or cyclic N) is 1. The Hall–Kier alpha value is -2.64. The number of piperidine rings is 1. The Morgan fingerprint density at radius 1 is 1.25 bits per heavy atom. The lowest BCUT2D eigenvalue weighted by Crippen LogP contribution is -2.38. The summed E-state index contributed by atoms with van der Waals surface area (Å²) in [6.07, 6.45) is 5.00. The highest BCUT2D eigenvalue weighted by Gasteiger charge is 2.50. The normalized spacial score (nSPS) is 20.6. The molecule has 6 rings (SSSR count). The molecule has 166 valence electrons. The molecular weight excluding hydrogens is 422 g/mol. The van der Waals surface area contributed by atoms with E-state index < -0.39 is 0 Å². The molecule has 6 nitrogen and oxygen atoms in total. The monoisotopic (exact) mass is 449 g/mol. The number of nitrogens with one attached hydrogen (secondary N) is 1. The Labute approximate surface area is 192 Å². The number of nitrogens with zero attached hydrogens (tertiary/aromatic N) is 2. The molecule has 2 heterocycles. The molecule has 1 atom stereocenters. The first-order valence-corrected chi connectivity index (χ1v) is 12.1. The third-order valence-corrected chi connectivity index (χ3v) is 7.92. The molecular formula is C25H27N3O3S. The Bertz CT molecular complexity index is 1160. The number of methoxy groups -OCH3 is 1. The number of aliphatic hydroxyl groups excluding tert-OH is 1. The number of para-hydroxylation sites is 1. The first kappa shape index (κ1) is 20.0. The quantitative estimate of drug-likeness (QED) is 0.530. The second kappa shape index (κ2) is 7.74. The maximum atomic E-state index is 10.1. The fourth-order valence-electron chi connectivity index (χ4n) is 5.17. The minimum atomic E-state index is -0.252. The Kier molecular flexibility index (Phi) is 4.84. The summed E-state index contributed by atoms with van der Waals surface area (Å²) in [4.78, 5) is 3.30. The second-order valence-corrected chi connectivity index (χ2v) is 9.97. The predicted molar refractivity (Wildman–Crippen MR) is 126 cm³/mol. The standard InChI is InChI=1S/C25H27N3O3S/c1-30-21-6-2-3-7-22(21)32-27-24-19-14-25(10-11-25)20-9-8-16(13-18(20)23(19)31-26-24)28-12-4-5-17(29)15-28/h2-3,6-9,13,17,29H,4-5,10-12,14-15H2,1H3,(H,26,27). The molecule has 1 aromatic heterocycles. The lowest BCUT2D eigenvalue weighted by molar-refractivity contribution is 0.154. The molecule has 2 N–H and O–H groups in total. The van der Waals surface area contributed by atoms with Crippen molar-refractivity contribution in [2.75, 3.05) is 29.8 Å². The van der Waals surface area contributed by atoms with Crippen LogP contribution < -0.4 is 14.4 Å². The maximum absolute atomic E-state index is 10.1. The molecule has 2 aliphatic carbocycles. The number of aliphatic hydroxyl groups is 1. The van der Waals surface area contributed by atoms with Crippen LogP contribution in [0.4, 0.5) is 11.5 Å². The summed E-state index contributed by atoms with van der Waals surface area (Å²) in [6.45, 7) is 1.67. The van der Waals surface area contributed by atoms with Crippen LogP contribution in [0.5, 0.6) is 5.75 Å². The number of benzene rings is 2. The topological polar surface area (TPSA) is 70.8 Å². The van der Waals surface area contributed by atoms with Crippen molar-refractivity contribution in [3.05, 3.63) is 53.6 Å². The van der Waals surface area contributed by atoms with Crippen molar-refractivity contribution in [3.8, 4) is 17.1 Å². The van der Waals surface area contributed by atoms with Gasteiger partial charge in [-0.1, -0.05) is 23.4 Å². The maximum Gasteiger partial charge on any atom is 0.183 e. The zero-order chi connectivity index (χ0) is 21.7. The van der Waals surface area contributed by atoms with Gasteiger partial charge in [-0.15, -0.1) is 0 Å². The molecule has 1 unspecified atom stereocenters. The van der Waals surface area contributed by atoms with Gasteiger partial charge < -0.3 is 24.0 Å². The first-order valence-electron chi connectivity index (χ1n) is 11.3. The summed E-state index contributed by atoms with van der Waals surface area (Å²) < 4.78 is 14.8. The summed E-state index contributed by atoms with van der Waals surface area (Å²) in [5, 5.41) is 14.5. The molecule has 0 radical (unpaired) electrons. The molecule has 7 heteroatoms. The summed E-state index contributed by atoms with van der Waals surface area (Å²) in [6, 6.07) is 14.7. The minimum absolute atomic E-state index is 0.208. The zero-order valence-electron chi connectivity index (χ0n) is 18.1. The smallest absolute Gasteiger partial charge is 0.183 e. The molecule has 3 aromatic rings. The summed E-state index contributed by atoms with van der Waals surface area (Å²) in [5.41, 5.74) is 5.06. The number of rotatable bonds is 5. The summed E-state index contributed by atoms with van der Waals surface area (Å²) >= 11 is 1.50. The van der Waals surface area contributed by atoms with Gasteiger partial charge in [-0.3, -0.25) is 0 Å². The highest BCUT2D eigenvalue weighted by Crippen LogP contribution is 2.59. The number of hydrogen-bond acceptors (Lipinski definition) is 7. The van der Waals surface area contributed by atoms with Crippen molar-refractivity contribution in [1.29, 1.82) is 0 Å². The third-order valence-electron chi connectivity index (χ3n) is 7.06. The molecule has 1 saturated heterocycles. The van der Waals surface area contributed by atoms with E-state index in [4.69, 9.17) is 9.26 Å². The molecule has 1 saturated carbocycles. The zero-order valence-corrected chi connectivity index (χ0v) is 19.0. The van der Waals surface area contributed by atoms with Crippen LogP contribution in [0.15, 0.2) is 51.9 Å². The lowest BCUT2D eigenvalue weighted by atomic mass is 9.79. The molecule has 3 aliphatic rings. The van der Waals surface area contributed by atoms with Crippen LogP contribution in [0, 0.1) is 0 Å². The van der Waals surface area contributed by atoms with Crippen LogP contribution in [-0.4, -0.2) is 36.6 Å². The van der Waals surface area contributed by atoms with E-state index in [2.05, 4.69) is 33.0 Å². The molecule has 1 spiro atoms. The van der Waals surface area contributed by atoms with Gasteiger partial charge in [-0.2, -0.15) is 0 Å². The number of ether oxygens (including phenoxy) is 1. The van der Waals surface area contributed by atoms with Gasteiger partial charge in [0.05, 0.1) is 18.1 Å². The van der Waals surface area contributed by atoms with E-state index in [0.29, 0.717) is 6.54 Å². The van der Waals surface area contributed by atoms with Gasteiger partial charge in [0.1, 0.15) is 5.75 Å². The Balaban J connectivity index is 1.33. The molecule has 2 aromatic carbocycles. The van der Waals surface area contributed by atoms with Crippen LogP contribution in [0.25, 0.3) is 11.3 Å². The fourth-order valence-corrected chi connectivity index (χ4v) is 5.94. The highest BCUT2D eigenvalue weighted by molar-refractivity contribution is 8.00. The largest absolute Gasteiger partial charge is 0.496 e. The van der Waals surface area contributed by atoms with Crippen LogP contribution in [0.1, 0.15) is 36.8 Å². The number of fused-ring (bicyclic) bond motifs is 4. The van der Waals surface area contributed by atoms with Gasteiger partial charge in [0.15, 0.2) is 11.6 Å². The number of anilines is 2. The van der Waals surface area contributed by atoms with Gasteiger partial charge in [-0.25, -0.2) is 0 Å². The van der Waals surface area contributed by atoms with Gasteiger partial charge in [0, 0.05) is 35.3 Å². The van der Waals surface area contributed by atoms with Crippen molar-refractivity contribution in [2.45, 2.75) is 48.5 Å². The predicted octanol–water partition coefficient (Wildman–Crippen LogP) is 5.02. The van der Waals surface area contributed by atoms with Gasteiger partial charge in [-0.05, 0) is 73.9 Å². The van der Waals surface area contributed by atoms with Crippen molar-refractivity contribution >= 4 is 23.5 Å². The Morgan fingerprint density at radius 3 is 2.94 bits per heavy atom. The average Bonchev–Trinajstić information content (AvgIpc) is 3.48. The van der Waals surface area contributed by atoms with Crippen LogP contribution in [0.2, 0.25) is 0 Å². The van der Waals surface area contributed by atoms with E-state index in [0.717, 1.165) is 64.8 Å². The van der Waals surface area contributed by atoms with E-state index in [1.165, 1.54) is 30.4 Å².